The van der Waals surface area contributed by atoms with Crippen molar-refractivity contribution in [1.29, 1.82) is 0 Å². The second kappa shape index (κ2) is 5.53. The highest BCUT2D eigenvalue weighted by Crippen LogP contribution is 2.25. The number of aliphatic hydroxyl groups excluding tert-OH is 2. The van der Waals surface area contributed by atoms with Crippen molar-refractivity contribution in [3.8, 4) is 0 Å². The van der Waals surface area contributed by atoms with Gasteiger partial charge in [-0.2, -0.15) is 11.8 Å². The average Bonchev–Trinajstić information content (AvgIpc) is 2.07. The van der Waals surface area contributed by atoms with Gasteiger partial charge in [-0.05, 0) is 12.2 Å². The molecule has 1 fully saturated rings. The molecule has 3 N–H and O–H groups in total. The highest BCUT2D eigenvalue weighted by atomic mass is 32.2. The van der Waals surface area contributed by atoms with Crippen molar-refractivity contribution in [2.75, 3.05) is 12.3 Å². The van der Waals surface area contributed by atoms with Gasteiger partial charge in [-0.1, -0.05) is 20.8 Å². The van der Waals surface area contributed by atoms with Crippen molar-refractivity contribution in [3.63, 3.8) is 0 Å². The lowest BCUT2D eigenvalue weighted by Gasteiger charge is -2.32. The molecule has 0 aromatic heterocycles. The van der Waals surface area contributed by atoms with Crippen LogP contribution in [0.2, 0.25) is 0 Å². The molecule has 3 nitrogen and oxygen atoms in total. The normalized spacial score (nSPS) is 33.0. The second-order valence-corrected chi connectivity index (χ2v) is 7.14. The van der Waals surface area contributed by atoms with Crippen LogP contribution in [-0.2, 0) is 0 Å². The standard InChI is InChI=1S/C11H23NO2S/c1-11(2,3)15-5-4-9-10(14)6-8(13)7-12-9/h8-10,12-14H,4-7H2,1-3H3. The zero-order valence-electron chi connectivity index (χ0n) is 9.86. The smallest absolute Gasteiger partial charge is 0.0718 e. The van der Waals surface area contributed by atoms with Crippen LogP contribution < -0.4 is 5.32 Å². The fourth-order valence-electron chi connectivity index (χ4n) is 1.74. The summed E-state index contributed by atoms with van der Waals surface area (Å²) < 4.78 is 0.291. The van der Waals surface area contributed by atoms with Crippen LogP contribution in [0.15, 0.2) is 0 Å². The number of nitrogens with one attached hydrogen (secondary N) is 1. The van der Waals surface area contributed by atoms with E-state index in [-0.39, 0.29) is 12.1 Å². The fourth-order valence-corrected chi connectivity index (χ4v) is 2.72. The van der Waals surface area contributed by atoms with E-state index in [1.165, 1.54) is 0 Å². The maximum Gasteiger partial charge on any atom is 0.0718 e. The van der Waals surface area contributed by atoms with Crippen molar-refractivity contribution in [2.45, 2.75) is 56.6 Å². The van der Waals surface area contributed by atoms with Crippen molar-refractivity contribution in [1.82, 2.24) is 5.32 Å². The lowest BCUT2D eigenvalue weighted by molar-refractivity contribution is 0.0223. The third-order valence-electron chi connectivity index (χ3n) is 2.56. The van der Waals surface area contributed by atoms with Crippen molar-refractivity contribution in [3.05, 3.63) is 0 Å². The summed E-state index contributed by atoms with van der Waals surface area (Å²) in [5, 5.41) is 22.3. The number of aliphatic hydroxyl groups is 2. The zero-order chi connectivity index (χ0) is 11.5. The molecule has 1 heterocycles. The first-order chi connectivity index (χ1) is 6.88. The largest absolute Gasteiger partial charge is 0.392 e. The molecular formula is C11H23NO2S. The summed E-state index contributed by atoms with van der Waals surface area (Å²) in [5.41, 5.74) is 0. The van der Waals surface area contributed by atoms with Crippen LogP contribution in [0.1, 0.15) is 33.6 Å². The molecule has 0 aromatic carbocycles. The molecule has 3 unspecified atom stereocenters. The van der Waals surface area contributed by atoms with E-state index in [1.807, 2.05) is 11.8 Å². The quantitative estimate of drug-likeness (QED) is 0.680. The van der Waals surface area contributed by atoms with E-state index in [2.05, 4.69) is 26.1 Å². The number of hydrogen-bond donors (Lipinski definition) is 3. The Morgan fingerprint density at radius 2 is 2.00 bits per heavy atom. The van der Waals surface area contributed by atoms with Crippen molar-refractivity contribution in [2.24, 2.45) is 0 Å². The van der Waals surface area contributed by atoms with Gasteiger partial charge in [0.05, 0.1) is 12.2 Å². The molecule has 1 aliphatic rings. The van der Waals surface area contributed by atoms with Gasteiger partial charge in [0, 0.05) is 23.8 Å². The first kappa shape index (κ1) is 13.3. The molecule has 0 bridgehead atoms. The summed E-state index contributed by atoms with van der Waals surface area (Å²) in [4.78, 5) is 0. The van der Waals surface area contributed by atoms with E-state index in [1.54, 1.807) is 0 Å². The second-order valence-electron chi connectivity index (χ2n) is 5.22. The van der Waals surface area contributed by atoms with Gasteiger partial charge in [-0.15, -0.1) is 0 Å². The summed E-state index contributed by atoms with van der Waals surface area (Å²) in [6.45, 7) is 7.21. The first-order valence-corrected chi connectivity index (χ1v) is 6.60. The van der Waals surface area contributed by atoms with E-state index in [0.717, 1.165) is 12.2 Å². The molecule has 90 valence electrons. The van der Waals surface area contributed by atoms with Crippen LogP contribution >= 0.6 is 11.8 Å². The van der Waals surface area contributed by atoms with Crippen molar-refractivity contribution >= 4 is 11.8 Å². The summed E-state index contributed by atoms with van der Waals surface area (Å²) in [6, 6.07) is 0.156. The highest BCUT2D eigenvalue weighted by Gasteiger charge is 2.27. The number of piperidine rings is 1. The lowest BCUT2D eigenvalue weighted by Crippen LogP contribution is -2.50. The first-order valence-electron chi connectivity index (χ1n) is 5.62. The third kappa shape index (κ3) is 5.20. The van der Waals surface area contributed by atoms with Crippen LogP contribution in [0.3, 0.4) is 0 Å². The zero-order valence-corrected chi connectivity index (χ0v) is 10.7. The molecule has 0 aromatic rings. The summed E-state index contributed by atoms with van der Waals surface area (Å²) in [7, 11) is 0. The minimum atomic E-state index is -0.394. The molecule has 4 heteroatoms. The fraction of sp³-hybridized carbons (Fsp3) is 1.00. The van der Waals surface area contributed by atoms with Crippen LogP contribution in [0.4, 0.5) is 0 Å². The topological polar surface area (TPSA) is 52.5 Å². The Labute approximate surface area is 96.6 Å². The van der Waals surface area contributed by atoms with E-state index < -0.39 is 6.10 Å². The predicted octanol–water partition coefficient (Wildman–Crippen LogP) is 0.992. The molecule has 0 spiro atoms. The van der Waals surface area contributed by atoms with Gasteiger partial charge in [0.2, 0.25) is 0 Å². The molecule has 1 aliphatic heterocycles. The minimum Gasteiger partial charge on any atom is -0.392 e. The Balaban J connectivity index is 2.21. The Morgan fingerprint density at radius 1 is 1.33 bits per heavy atom. The molecule has 15 heavy (non-hydrogen) atoms. The lowest BCUT2D eigenvalue weighted by atomic mass is 9.98. The van der Waals surface area contributed by atoms with Crippen LogP contribution in [-0.4, -0.2) is 45.5 Å². The Morgan fingerprint density at radius 3 is 2.53 bits per heavy atom. The van der Waals surface area contributed by atoms with Gasteiger partial charge in [0.1, 0.15) is 0 Å². The van der Waals surface area contributed by atoms with Gasteiger partial charge < -0.3 is 15.5 Å². The maximum atomic E-state index is 9.74. The average molecular weight is 233 g/mol. The van der Waals surface area contributed by atoms with Crippen LogP contribution in [0.25, 0.3) is 0 Å². The monoisotopic (exact) mass is 233 g/mol. The highest BCUT2D eigenvalue weighted by molar-refractivity contribution is 8.00. The van der Waals surface area contributed by atoms with Crippen LogP contribution in [0, 0.1) is 0 Å². The maximum absolute atomic E-state index is 9.74. The van der Waals surface area contributed by atoms with Gasteiger partial charge in [-0.3, -0.25) is 0 Å². The van der Waals surface area contributed by atoms with Gasteiger partial charge in [-0.25, -0.2) is 0 Å². The Bertz CT molecular complexity index is 194. The molecule has 1 rings (SSSR count). The Kier molecular flexibility index (Phi) is 4.90. The SMILES string of the molecule is CC(C)(C)SCCC1NCC(O)CC1O. The molecule has 0 saturated carbocycles. The molecule has 3 atom stereocenters. The molecule has 0 amide bonds. The van der Waals surface area contributed by atoms with E-state index in [0.29, 0.717) is 17.7 Å². The number of rotatable bonds is 3. The third-order valence-corrected chi connectivity index (χ3v) is 3.86. The molecular weight excluding hydrogens is 210 g/mol. The van der Waals surface area contributed by atoms with Crippen molar-refractivity contribution < 1.29 is 10.2 Å². The van der Waals surface area contributed by atoms with E-state index in [9.17, 15) is 10.2 Å². The van der Waals surface area contributed by atoms with E-state index in [4.69, 9.17) is 0 Å². The Hall–Kier alpha value is 0.230. The molecule has 1 saturated heterocycles. The minimum absolute atomic E-state index is 0.156. The summed E-state index contributed by atoms with van der Waals surface area (Å²) in [5.74, 6) is 1.05. The van der Waals surface area contributed by atoms with E-state index >= 15 is 0 Å². The summed E-state index contributed by atoms with van der Waals surface area (Å²) >= 11 is 1.92. The van der Waals surface area contributed by atoms with Crippen LogP contribution in [0.5, 0.6) is 0 Å². The number of hydrogen-bond acceptors (Lipinski definition) is 4. The van der Waals surface area contributed by atoms with Gasteiger partial charge in [0.15, 0.2) is 0 Å². The van der Waals surface area contributed by atoms with Gasteiger partial charge >= 0.3 is 0 Å². The molecule has 0 radical (unpaired) electrons. The number of thioether (sulfide) groups is 1. The molecule has 0 aliphatic carbocycles. The van der Waals surface area contributed by atoms with Gasteiger partial charge in [0.25, 0.3) is 0 Å². The predicted molar refractivity (Wildman–Crippen MR) is 65.2 cm³/mol. The summed E-state index contributed by atoms with van der Waals surface area (Å²) in [6.07, 6.45) is 0.703. The number of β-amino-alcohol motifs (C(OH)–C–C–N with tert-alkyl or cyclic N) is 1.